The largest absolute Gasteiger partial charge is 0.465 e. The second-order valence-corrected chi connectivity index (χ2v) is 8.35. The Morgan fingerprint density at radius 3 is 2.29 bits per heavy atom. The molecule has 0 bridgehead atoms. The molecule has 0 aromatic heterocycles. The molecule has 2 aromatic rings. The number of esters is 2. The Hall–Kier alpha value is -3.48. The van der Waals surface area contributed by atoms with Gasteiger partial charge in [0, 0.05) is 23.8 Å². The van der Waals surface area contributed by atoms with E-state index in [9.17, 15) is 19.7 Å². The number of ether oxygens (including phenoxy) is 2. The molecule has 0 amide bonds. The summed E-state index contributed by atoms with van der Waals surface area (Å²) in [5.41, 5.74) is 1.95. The van der Waals surface area contributed by atoms with E-state index in [0.29, 0.717) is 16.7 Å². The number of carbonyl (C=O) groups excluding carboxylic acids is 2. The topological polar surface area (TPSA) is 95.7 Å². The second kappa shape index (κ2) is 9.55. The Morgan fingerprint density at radius 2 is 1.74 bits per heavy atom. The molecule has 0 saturated carbocycles. The van der Waals surface area contributed by atoms with E-state index in [1.165, 1.54) is 31.4 Å². The lowest BCUT2D eigenvalue weighted by molar-refractivity contribution is -0.384. The predicted octanol–water partition coefficient (Wildman–Crippen LogP) is 5.53. The van der Waals surface area contributed by atoms with Crippen molar-refractivity contribution in [3.8, 4) is 11.1 Å². The lowest BCUT2D eigenvalue weighted by atomic mass is 9.91. The lowest BCUT2D eigenvalue weighted by Crippen LogP contribution is -2.22. The summed E-state index contributed by atoms with van der Waals surface area (Å²) in [6, 6.07) is 9.54. The van der Waals surface area contributed by atoms with E-state index in [2.05, 4.69) is 0 Å². The summed E-state index contributed by atoms with van der Waals surface area (Å²) in [7, 11) is 1.25. The first-order valence-corrected chi connectivity index (χ1v) is 9.85. The summed E-state index contributed by atoms with van der Waals surface area (Å²) in [4.78, 5) is 35.3. The molecule has 0 heterocycles. The van der Waals surface area contributed by atoms with Crippen LogP contribution >= 0.6 is 0 Å². The molecule has 0 aliphatic heterocycles. The fourth-order valence-corrected chi connectivity index (χ4v) is 2.97. The Morgan fingerprint density at radius 1 is 1.06 bits per heavy atom. The van der Waals surface area contributed by atoms with Crippen LogP contribution in [-0.2, 0) is 14.3 Å². The highest BCUT2D eigenvalue weighted by molar-refractivity contribution is 5.99. The summed E-state index contributed by atoms with van der Waals surface area (Å²) in [5.74, 6) is -0.909. The van der Waals surface area contributed by atoms with Gasteiger partial charge in [-0.25, -0.2) is 9.59 Å². The van der Waals surface area contributed by atoms with Gasteiger partial charge in [-0.2, -0.15) is 0 Å². The number of hydrogen-bond acceptors (Lipinski definition) is 6. The van der Waals surface area contributed by atoms with Crippen molar-refractivity contribution in [1.82, 2.24) is 0 Å². The monoisotopic (exact) mass is 425 g/mol. The molecule has 31 heavy (non-hydrogen) atoms. The van der Waals surface area contributed by atoms with Gasteiger partial charge in [0.05, 0.1) is 17.6 Å². The molecule has 0 N–H and O–H groups in total. The third-order valence-corrected chi connectivity index (χ3v) is 4.46. The van der Waals surface area contributed by atoms with Crippen molar-refractivity contribution in [2.75, 3.05) is 7.11 Å². The highest BCUT2D eigenvalue weighted by atomic mass is 16.6. The van der Waals surface area contributed by atoms with Crippen LogP contribution in [0.3, 0.4) is 0 Å². The third kappa shape index (κ3) is 6.25. The molecule has 164 valence electrons. The summed E-state index contributed by atoms with van der Waals surface area (Å²) in [5, 5.41) is 11.3. The van der Waals surface area contributed by atoms with Crippen LogP contribution in [0.1, 0.15) is 62.0 Å². The number of hydrogen-bond donors (Lipinski definition) is 0. The number of nitro groups is 1. The molecule has 0 aliphatic rings. The van der Waals surface area contributed by atoms with Crippen LogP contribution in [0.5, 0.6) is 0 Å². The SMILES string of the molecule is COC(=O)c1ccc([N+](=O)[O-])cc1-c1ccc(C(C)C)cc1/C=C/C(=O)OC(C)(C)C. The minimum absolute atomic E-state index is 0.155. The van der Waals surface area contributed by atoms with E-state index in [4.69, 9.17) is 9.47 Å². The molecular formula is C24H27NO6. The second-order valence-electron chi connectivity index (χ2n) is 8.35. The van der Waals surface area contributed by atoms with Gasteiger partial charge in [-0.3, -0.25) is 10.1 Å². The van der Waals surface area contributed by atoms with Gasteiger partial charge in [0.25, 0.3) is 5.69 Å². The quantitative estimate of drug-likeness (QED) is 0.261. The number of methoxy groups -OCH3 is 1. The van der Waals surface area contributed by atoms with Crippen molar-refractivity contribution in [3.63, 3.8) is 0 Å². The Kier molecular flexibility index (Phi) is 7.33. The summed E-state index contributed by atoms with van der Waals surface area (Å²) in [6.45, 7) is 9.38. The van der Waals surface area contributed by atoms with Crippen molar-refractivity contribution >= 4 is 23.7 Å². The molecule has 0 saturated heterocycles. The first-order chi connectivity index (χ1) is 14.4. The molecule has 0 atom stereocenters. The van der Waals surface area contributed by atoms with Gasteiger partial charge in [-0.15, -0.1) is 0 Å². The number of non-ortho nitro benzene ring substituents is 1. The van der Waals surface area contributed by atoms with Crippen LogP contribution in [-0.4, -0.2) is 29.6 Å². The highest BCUT2D eigenvalue weighted by Gasteiger charge is 2.20. The number of nitrogens with zero attached hydrogens (tertiary/aromatic N) is 1. The van der Waals surface area contributed by atoms with Gasteiger partial charge in [0.15, 0.2) is 0 Å². The van der Waals surface area contributed by atoms with E-state index < -0.39 is 22.5 Å². The Balaban J connectivity index is 2.68. The van der Waals surface area contributed by atoms with Crippen LogP contribution in [0.2, 0.25) is 0 Å². The minimum Gasteiger partial charge on any atom is -0.465 e. The Labute approximate surface area is 181 Å². The molecule has 0 unspecified atom stereocenters. The van der Waals surface area contributed by atoms with Crippen LogP contribution in [0.4, 0.5) is 5.69 Å². The first-order valence-electron chi connectivity index (χ1n) is 9.85. The molecule has 0 aliphatic carbocycles. The minimum atomic E-state index is -0.637. The Bertz CT molecular complexity index is 1030. The lowest BCUT2D eigenvalue weighted by Gasteiger charge is -2.18. The van der Waals surface area contributed by atoms with Crippen molar-refractivity contribution < 1.29 is 24.0 Å². The summed E-state index contributed by atoms with van der Waals surface area (Å²) >= 11 is 0. The van der Waals surface area contributed by atoms with Crippen molar-refractivity contribution in [2.24, 2.45) is 0 Å². The van der Waals surface area contributed by atoms with Gasteiger partial charge in [0.2, 0.25) is 0 Å². The normalized spacial score (nSPS) is 11.6. The van der Waals surface area contributed by atoms with Crippen LogP contribution in [0, 0.1) is 10.1 Å². The number of benzene rings is 2. The summed E-state index contributed by atoms with van der Waals surface area (Å²) in [6.07, 6.45) is 2.90. The average molecular weight is 425 g/mol. The number of nitro benzene ring substituents is 1. The van der Waals surface area contributed by atoms with Crippen LogP contribution < -0.4 is 0 Å². The van der Waals surface area contributed by atoms with Gasteiger partial charge in [0.1, 0.15) is 5.60 Å². The maximum Gasteiger partial charge on any atom is 0.338 e. The third-order valence-electron chi connectivity index (χ3n) is 4.46. The first kappa shape index (κ1) is 23.8. The van der Waals surface area contributed by atoms with Gasteiger partial charge in [-0.05, 0) is 55.5 Å². The molecule has 0 spiro atoms. The van der Waals surface area contributed by atoms with E-state index in [0.717, 1.165) is 5.56 Å². The molecule has 2 aromatic carbocycles. The van der Waals surface area contributed by atoms with E-state index in [1.807, 2.05) is 26.0 Å². The standard InChI is InChI=1S/C24H27NO6/c1-15(2)16-7-10-19(17(13-16)8-12-22(26)31-24(3,4)5)21-14-18(25(28)29)9-11-20(21)23(27)30-6/h7-15H,1-6H3/b12-8+. The molecule has 7 nitrogen and oxygen atoms in total. The maximum atomic E-state index is 12.3. The smallest absolute Gasteiger partial charge is 0.338 e. The molecule has 0 fully saturated rings. The zero-order valence-electron chi connectivity index (χ0n) is 18.6. The van der Waals surface area contributed by atoms with Gasteiger partial charge in [-0.1, -0.05) is 32.0 Å². The zero-order valence-corrected chi connectivity index (χ0v) is 18.6. The zero-order chi connectivity index (χ0) is 23.3. The van der Waals surface area contributed by atoms with Crippen molar-refractivity contribution in [3.05, 3.63) is 69.3 Å². The number of carbonyl (C=O) groups is 2. The predicted molar refractivity (Wildman–Crippen MR) is 119 cm³/mol. The fourth-order valence-electron chi connectivity index (χ4n) is 2.97. The van der Waals surface area contributed by atoms with Gasteiger partial charge < -0.3 is 9.47 Å². The summed E-state index contributed by atoms with van der Waals surface area (Å²) < 4.78 is 10.2. The molecule has 2 rings (SSSR count). The van der Waals surface area contributed by atoms with Crippen LogP contribution in [0.25, 0.3) is 17.2 Å². The van der Waals surface area contributed by atoms with Crippen molar-refractivity contribution in [2.45, 2.75) is 46.1 Å². The van der Waals surface area contributed by atoms with Gasteiger partial charge >= 0.3 is 11.9 Å². The van der Waals surface area contributed by atoms with Crippen LogP contribution in [0.15, 0.2) is 42.5 Å². The van der Waals surface area contributed by atoms with E-state index in [-0.39, 0.29) is 17.2 Å². The molecule has 7 heteroatoms. The average Bonchev–Trinajstić information content (AvgIpc) is 2.69. The molecular weight excluding hydrogens is 398 g/mol. The van der Waals surface area contributed by atoms with E-state index in [1.54, 1.807) is 32.9 Å². The highest BCUT2D eigenvalue weighted by Crippen LogP contribution is 2.33. The number of rotatable bonds is 6. The maximum absolute atomic E-state index is 12.3. The van der Waals surface area contributed by atoms with Crippen molar-refractivity contribution in [1.29, 1.82) is 0 Å². The van der Waals surface area contributed by atoms with E-state index >= 15 is 0 Å². The fraction of sp³-hybridized carbons (Fsp3) is 0.333. The molecule has 0 radical (unpaired) electrons.